The molecule has 106 valence electrons. The van der Waals surface area contributed by atoms with E-state index in [0.717, 1.165) is 25.0 Å². The van der Waals surface area contributed by atoms with Crippen LogP contribution >= 0.6 is 0 Å². The van der Waals surface area contributed by atoms with Crippen LogP contribution in [0.15, 0.2) is 24.3 Å². The van der Waals surface area contributed by atoms with E-state index in [1.165, 1.54) is 5.56 Å². The highest BCUT2D eigenvalue weighted by molar-refractivity contribution is 5.32. The average Bonchev–Trinajstić information content (AvgIpc) is 2.71. The van der Waals surface area contributed by atoms with Crippen molar-refractivity contribution in [3.63, 3.8) is 0 Å². The Balaban J connectivity index is 2.05. The molecule has 3 nitrogen and oxygen atoms in total. The molecule has 0 bridgehead atoms. The topological polar surface area (TPSA) is 55.5 Å². The summed E-state index contributed by atoms with van der Waals surface area (Å²) in [5.74, 6) is 0.902. The molecule has 1 fully saturated rings. The van der Waals surface area contributed by atoms with E-state index in [1.54, 1.807) is 0 Å². The van der Waals surface area contributed by atoms with E-state index < -0.39 is 5.54 Å². The van der Waals surface area contributed by atoms with Gasteiger partial charge in [-0.05, 0) is 36.0 Å². The van der Waals surface area contributed by atoms with E-state index in [1.807, 2.05) is 12.1 Å². The molecule has 1 aromatic carbocycles. The van der Waals surface area contributed by atoms with Gasteiger partial charge in [-0.1, -0.05) is 32.9 Å². The minimum atomic E-state index is -0.452. The Labute approximate surface area is 115 Å². The number of aliphatic hydroxyl groups excluding tert-OH is 1. The van der Waals surface area contributed by atoms with E-state index in [0.29, 0.717) is 0 Å². The number of nitrogens with two attached hydrogens (primary N) is 1. The van der Waals surface area contributed by atoms with Gasteiger partial charge in [-0.15, -0.1) is 0 Å². The minimum Gasteiger partial charge on any atom is -0.490 e. The first kappa shape index (κ1) is 14.4. The van der Waals surface area contributed by atoms with E-state index in [9.17, 15) is 5.11 Å². The SMILES string of the molecule is CC(C)(C)c1cccc(OC2CCC(N)(CO)C2)c1. The summed E-state index contributed by atoms with van der Waals surface area (Å²) in [6.07, 6.45) is 2.58. The molecule has 19 heavy (non-hydrogen) atoms. The number of hydrogen-bond donors (Lipinski definition) is 2. The molecular weight excluding hydrogens is 238 g/mol. The molecule has 0 amide bonds. The van der Waals surface area contributed by atoms with Gasteiger partial charge in [-0.25, -0.2) is 0 Å². The van der Waals surface area contributed by atoms with Gasteiger partial charge in [0.1, 0.15) is 11.9 Å². The van der Waals surface area contributed by atoms with Crippen molar-refractivity contribution in [2.75, 3.05) is 6.61 Å². The molecule has 0 aliphatic heterocycles. The monoisotopic (exact) mass is 263 g/mol. The van der Waals surface area contributed by atoms with Gasteiger partial charge in [0.25, 0.3) is 0 Å². The maximum absolute atomic E-state index is 9.28. The van der Waals surface area contributed by atoms with Gasteiger partial charge in [0.2, 0.25) is 0 Å². The number of benzene rings is 1. The second-order valence-electron chi connectivity index (χ2n) is 6.78. The number of hydrogen-bond acceptors (Lipinski definition) is 3. The maximum Gasteiger partial charge on any atom is 0.120 e. The molecule has 2 atom stereocenters. The zero-order chi connectivity index (χ0) is 14.1. The lowest BCUT2D eigenvalue weighted by atomic mass is 9.87. The lowest BCUT2D eigenvalue weighted by molar-refractivity contribution is 0.165. The Morgan fingerprint density at radius 2 is 2.16 bits per heavy atom. The number of aliphatic hydroxyl groups is 1. The Morgan fingerprint density at radius 1 is 1.42 bits per heavy atom. The number of rotatable bonds is 3. The first-order valence-corrected chi connectivity index (χ1v) is 6.99. The van der Waals surface area contributed by atoms with Crippen molar-refractivity contribution in [1.82, 2.24) is 0 Å². The van der Waals surface area contributed by atoms with Crippen LogP contribution in [-0.4, -0.2) is 23.4 Å². The predicted molar refractivity (Wildman–Crippen MR) is 77.4 cm³/mol. The molecule has 1 aliphatic carbocycles. The summed E-state index contributed by atoms with van der Waals surface area (Å²) in [6, 6.07) is 8.26. The second kappa shape index (κ2) is 5.14. The van der Waals surface area contributed by atoms with Crippen LogP contribution < -0.4 is 10.5 Å². The Bertz CT molecular complexity index is 439. The molecule has 0 radical (unpaired) electrons. The van der Waals surface area contributed by atoms with E-state index >= 15 is 0 Å². The van der Waals surface area contributed by atoms with Crippen LogP contribution in [0.1, 0.15) is 45.6 Å². The smallest absolute Gasteiger partial charge is 0.120 e. The minimum absolute atomic E-state index is 0.0366. The molecule has 3 heteroatoms. The maximum atomic E-state index is 9.28. The Morgan fingerprint density at radius 3 is 2.74 bits per heavy atom. The van der Waals surface area contributed by atoms with Gasteiger partial charge in [0.05, 0.1) is 6.61 Å². The van der Waals surface area contributed by atoms with Crippen LogP contribution in [0.2, 0.25) is 0 Å². The van der Waals surface area contributed by atoms with Crippen LogP contribution in [0.3, 0.4) is 0 Å². The Kier molecular flexibility index (Phi) is 3.88. The van der Waals surface area contributed by atoms with E-state index in [-0.39, 0.29) is 18.1 Å². The fourth-order valence-corrected chi connectivity index (χ4v) is 2.58. The molecular formula is C16H25NO2. The van der Waals surface area contributed by atoms with Crippen molar-refractivity contribution in [3.8, 4) is 5.75 Å². The third-order valence-corrected chi connectivity index (χ3v) is 3.92. The molecule has 0 aromatic heterocycles. The molecule has 1 saturated carbocycles. The third kappa shape index (κ3) is 3.48. The van der Waals surface area contributed by atoms with Crippen LogP contribution in [0, 0.1) is 0 Å². The molecule has 2 rings (SSSR count). The highest BCUT2D eigenvalue weighted by atomic mass is 16.5. The quantitative estimate of drug-likeness (QED) is 0.881. The molecule has 0 heterocycles. The highest BCUT2D eigenvalue weighted by Gasteiger charge is 2.36. The van der Waals surface area contributed by atoms with E-state index in [2.05, 4.69) is 32.9 Å². The normalized spacial score (nSPS) is 27.5. The second-order valence-corrected chi connectivity index (χ2v) is 6.78. The summed E-state index contributed by atoms with van der Waals surface area (Å²) in [6.45, 7) is 6.62. The fourth-order valence-electron chi connectivity index (χ4n) is 2.58. The van der Waals surface area contributed by atoms with Crippen molar-refractivity contribution >= 4 is 0 Å². The van der Waals surface area contributed by atoms with Crippen LogP contribution in [0.5, 0.6) is 5.75 Å². The van der Waals surface area contributed by atoms with Crippen LogP contribution in [0.4, 0.5) is 0 Å². The molecule has 3 N–H and O–H groups in total. The van der Waals surface area contributed by atoms with Gasteiger partial charge in [-0.2, -0.15) is 0 Å². The molecule has 1 aliphatic rings. The molecule has 0 saturated heterocycles. The lowest BCUT2D eigenvalue weighted by Crippen LogP contribution is -2.41. The van der Waals surface area contributed by atoms with Crippen molar-refractivity contribution in [1.29, 1.82) is 0 Å². The largest absolute Gasteiger partial charge is 0.490 e. The zero-order valence-corrected chi connectivity index (χ0v) is 12.1. The van der Waals surface area contributed by atoms with E-state index in [4.69, 9.17) is 10.5 Å². The summed E-state index contributed by atoms with van der Waals surface area (Å²) in [5.41, 5.74) is 7.01. The molecule has 1 aromatic rings. The average molecular weight is 263 g/mol. The van der Waals surface area contributed by atoms with Crippen molar-refractivity contribution < 1.29 is 9.84 Å². The molecule has 0 spiro atoms. The van der Waals surface area contributed by atoms with Crippen LogP contribution in [-0.2, 0) is 5.41 Å². The van der Waals surface area contributed by atoms with Crippen molar-refractivity contribution in [2.24, 2.45) is 5.73 Å². The summed E-state index contributed by atoms with van der Waals surface area (Å²) in [5, 5.41) is 9.28. The zero-order valence-electron chi connectivity index (χ0n) is 12.1. The van der Waals surface area contributed by atoms with Gasteiger partial charge in [0.15, 0.2) is 0 Å². The fraction of sp³-hybridized carbons (Fsp3) is 0.625. The van der Waals surface area contributed by atoms with Gasteiger partial charge >= 0.3 is 0 Å². The van der Waals surface area contributed by atoms with Gasteiger partial charge in [-0.3, -0.25) is 0 Å². The van der Waals surface area contributed by atoms with Crippen molar-refractivity contribution in [2.45, 2.75) is 57.1 Å². The summed E-state index contributed by atoms with van der Waals surface area (Å²) < 4.78 is 6.02. The summed E-state index contributed by atoms with van der Waals surface area (Å²) in [7, 11) is 0. The standard InChI is InChI=1S/C16H25NO2/c1-15(2,3)12-5-4-6-13(9-12)19-14-7-8-16(17,10-14)11-18/h4-6,9,14,18H,7-8,10-11,17H2,1-3H3. The first-order valence-electron chi connectivity index (χ1n) is 6.99. The third-order valence-electron chi connectivity index (χ3n) is 3.92. The number of ether oxygens (including phenoxy) is 1. The summed E-state index contributed by atoms with van der Waals surface area (Å²) >= 11 is 0. The first-order chi connectivity index (χ1) is 8.82. The van der Waals surface area contributed by atoms with Gasteiger partial charge in [0, 0.05) is 12.0 Å². The van der Waals surface area contributed by atoms with Crippen molar-refractivity contribution in [3.05, 3.63) is 29.8 Å². The van der Waals surface area contributed by atoms with Crippen LogP contribution in [0.25, 0.3) is 0 Å². The Hall–Kier alpha value is -1.06. The highest BCUT2D eigenvalue weighted by Crippen LogP contribution is 2.32. The summed E-state index contributed by atoms with van der Waals surface area (Å²) in [4.78, 5) is 0. The molecule has 2 unspecified atom stereocenters. The lowest BCUT2D eigenvalue weighted by Gasteiger charge is -2.22. The predicted octanol–water partition coefficient (Wildman–Crippen LogP) is 2.61. The van der Waals surface area contributed by atoms with Gasteiger partial charge < -0.3 is 15.6 Å².